The molecule has 1 heterocycles. The fourth-order valence-corrected chi connectivity index (χ4v) is 2.30. The van der Waals surface area contributed by atoms with Crippen molar-refractivity contribution in [2.24, 2.45) is 0 Å². The molecule has 0 unspecified atom stereocenters. The number of unbranched alkanes of at least 4 members (excludes halogenated alkanes) is 5. The molecule has 0 aliphatic carbocycles. The number of rotatable bonds is 9. The number of nitrogens with one attached hydrogen (secondary N) is 1. The zero-order valence-electron chi connectivity index (χ0n) is 13.2. The van der Waals surface area contributed by atoms with E-state index in [4.69, 9.17) is 4.74 Å². The minimum atomic E-state index is -0.192. The molecule has 4 heteroatoms. The van der Waals surface area contributed by atoms with E-state index >= 15 is 0 Å². The van der Waals surface area contributed by atoms with E-state index in [1.165, 1.54) is 38.2 Å². The SMILES string of the molecule is CCCCCCCCOc1ccc(-c2ccc(=O)[nH]n2)cc1. The molecule has 22 heavy (non-hydrogen) atoms. The summed E-state index contributed by atoms with van der Waals surface area (Å²) in [5.74, 6) is 0.877. The van der Waals surface area contributed by atoms with Crippen LogP contribution in [0.5, 0.6) is 5.75 Å². The first kappa shape index (κ1) is 16.3. The lowest BCUT2D eigenvalue weighted by atomic mass is 10.1. The van der Waals surface area contributed by atoms with Gasteiger partial charge >= 0.3 is 0 Å². The first-order valence-electron chi connectivity index (χ1n) is 8.08. The van der Waals surface area contributed by atoms with Gasteiger partial charge in [-0.25, -0.2) is 5.10 Å². The average Bonchev–Trinajstić information content (AvgIpc) is 2.55. The number of aromatic amines is 1. The highest BCUT2D eigenvalue weighted by Crippen LogP contribution is 2.19. The topological polar surface area (TPSA) is 55.0 Å². The van der Waals surface area contributed by atoms with Crippen molar-refractivity contribution < 1.29 is 4.74 Å². The molecule has 0 aliphatic rings. The highest BCUT2D eigenvalue weighted by Gasteiger charge is 2.00. The molecule has 0 fully saturated rings. The van der Waals surface area contributed by atoms with Crippen LogP contribution in [0.25, 0.3) is 11.3 Å². The number of benzene rings is 1. The largest absolute Gasteiger partial charge is 0.494 e. The second kappa shape index (κ2) is 9.03. The summed E-state index contributed by atoms with van der Waals surface area (Å²) in [6, 6.07) is 11.0. The predicted octanol–water partition coefficient (Wildman–Crippen LogP) is 4.18. The summed E-state index contributed by atoms with van der Waals surface area (Å²) in [6.07, 6.45) is 7.59. The van der Waals surface area contributed by atoms with Crippen molar-refractivity contribution in [3.8, 4) is 17.0 Å². The van der Waals surface area contributed by atoms with E-state index in [0.717, 1.165) is 30.0 Å². The Hall–Kier alpha value is -2.10. The third-order valence-corrected chi connectivity index (χ3v) is 3.60. The van der Waals surface area contributed by atoms with Crippen LogP contribution in [0.2, 0.25) is 0 Å². The molecular weight excluding hydrogens is 276 g/mol. The van der Waals surface area contributed by atoms with Crippen LogP contribution in [0.3, 0.4) is 0 Å². The van der Waals surface area contributed by atoms with Crippen molar-refractivity contribution in [1.29, 1.82) is 0 Å². The van der Waals surface area contributed by atoms with E-state index in [-0.39, 0.29) is 5.56 Å². The third kappa shape index (κ3) is 5.35. The highest BCUT2D eigenvalue weighted by molar-refractivity contribution is 5.59. The molecule has 1 aromatic carbocycles. The minimum Gasteiger partial charge on any atom is -0.494 e. The number of H-pyrrole nitrogens is 1. The van der Waals surface area contributed by atoms with Gasteiger partial charge in [0.25, 0.3) is 5.56 Å². The summed E-state index contributed by atoms with van der Waals surface area (Å²) in [5, 5.41) is 6.45. The van der Waals surface area contributed by atoms with Crippen molar-refractivity contribution in [2.75, 3.05) is 6.61 Å². The summed E-state index contributed by atoms with van der Waals surface area (Å²) in [6.45, 7) is 3.00. The van der Waals surface area contributed by atoms with Gasteiger partial charge in [0, 0.05) is 11.6 Å². The number of hydrogen-bond donors (Lipinski definition) is 1. The second-order valence-electron chi connectivity index (χ2n) is 5.45. The lowest BCUT2D eigenvalue weighted by Crippen LogP contribution is -2.05. The molecule has 1 N–H and O–H groups in total. The van der Waals surface area contributed by atoms with Crippen molar-refractivity contribution in [2.45, 2.75) is 45.4 Å². The molecule has 0 atom stereocenters. The predicted molar refractivity (Wildman–Crippen MR) is 89.2 cm³/mol. The van der Waals surface area contributed by atoms with Gasteiger partial charge in [-0.05, 0) is 36.8 Å². The number of nitrogens with zero attached hydrogens (tertiary/aromatic N) is 1. The molecular formula is C18H24N2O2. The molecule has 118 valence electrons. The highest BCUT2D eigenvalue weighted by atomic mass is 16.5. The van der Waals surface area contributed by atoms with E-state index in [1.807, 2.05) is 24.3 Å². The van der Waals surface area contributed by atoms with Crippen molar-refractivity contribution in [3.63, 3.8) is 0 Å². The van der Waals surface area contributed by atoms with Crippen LogP contribution in [-0.4, -0.2) is 16.8 Å². The van der Waals surface area contributed by atoms with Gasteiger partial charge in [-0.2, -0.15) is 5.10 Å². The fraction of sp³-hybridized carbons (Fsp3) is 0.444. The van der Waals surface area contributed by atoms with Crippen LogP contribution in [0, 0.1) is 0 Å². The Morgan fingerprint density at radius 3 is 2.36 bits per heavy atom. The lowest BCUT2D eigenvalue weighted by molar-refractivity contribution is 0.304. The Bertz CT molecular complexity index is 585. The molecule has 2 aromatic rings. The van der Waals surface area contributed by atoms with Crippen LogP contribution in [0.15, 0.2) is 41.2 Å². The van der Waals surface area contributed by atoms with Gasteiger partial charge in [0.2, 0.25) is 0 Å². The monoisotopic (exact) mass is 300 g/mol. The van der Waals surface area contributed by atoms with E-state index in [2.05, 4.69) is 17.1 Å². The van der Waals surface area contributed by atoms with Crippen LogP contribution in [-0.2, 0) is 0 Å². The van der Waals surface area contributed by atoms with Gasteiger partial charge in [0.1, 0.15) is 5.75 Å². The fourth-order valence-electron chi connectivity index (χ4n) is 2.30. The Kier molecular flexibility index (Phi) is 6.68. The molecule has 0 saturated carbocycles. The Balaban J connectivity index is 1.75. The standard InChI is InChI=1S/C18H24N2O2/c1-2-3-4-5-6-7-14-22-16-10-8-15(9-11-16)17-12-13-18(21)20-19-17/h8-13H,2-7,14H2,1H3,(H,20,21). The summed E-state index contributed by atoms with van der Waals surface area (Å²) in [4.78, 5) is 11.0. The Morgan fingerprint density at radius 1 is 0.955 bits per heavy atom. The van der Waals surface area contributed by atoms with Crippen LogP contribution in [0.1, 0.15) is 45.4 Å². The van der Waals surface area contributed by atoms with E-state index < -0.39 is 0 Å². The Morgan fingerprint density at radius 2 is 1.68 bits per heavy atom. The average molecular weight is 300 g/mol. The van der Waals surface area contributed by atoms with Gasteiger partial charge in [-0.15, -0.1) is 0 Å². The molecule has 4 nitrogen and oxygen atoms in total. The van der Waals surface area contributed by atoms with Crippen molar-refractivity contribution in [1.82, 2.24) is 10.2 Å². The zero-order valence-corrected chi connectivity index (χ0v) is 13.2. The first-order valence-corrected chi connectivity index (χ1v) is 8.08. The third-order valence-electron chi connectivity index (χ3n) is 3.60. The smallest absolute Gasteiger partial charge is 0.264 e. The molecule has 2 rings (SSSR count). The normalized spacial score (nSPS) is 10.6. The van der Waals surface area contributed by atoms with Crippen LogP contribution in [0.4, 0.5) is 0 Å². The maximum atomic E-state index is 11.0. The molecule has 0 bridgehead atoms. The summed E-state index contributed by atoms with van der Waals surface area (Å²) in [7, 11) is 0. The number of aromatic nitrogens is 2. The van der Waals surface area contributed by atoms with E-state index in [0.29, 0.717) is 0 Å². The Labute approximate surface area is 131 Å². The summed E-state index contributed by atoms with van der Waals surface area (Å²) in [5.41, 5.74) is 1.52. The quantitative estimate of drug-likeness (QED) is 0.707. The summed E-state index contributed by atoms with van der Waals surface area (Å²) < 4.78 is 5.74. The van der Waals surface area contributed by atoms with Gasteiger partial charge in [-0.1, -0.05) is 39.0 Å². The minimum absolute atomic E-state index is 0.192. The van der Waals surface area contributed by atoms with Gasteiger partial charge in [0.15, 0.2) is 0 Å². The van der Waals surface area contributed by atoms with Gasteiger partial charge in [-0.3, -0.25) is 4.79 Å². The summed E-state index contributed by atoms with van der Waals surface area (Å²) >= 11 is 0. The number of hydrogen-bond acceptors (Lipinski definition) is 3. The van der Waals surface area contributed by atoms with Crippen LogP contribution >= 0.6 is 0 Å². The lowest BCUT2D eigenvalue weighted by Gasteiger charge is -2.07. The molecule has 1 aromatic heterocycles. The molecule has 0 amide bonds. The van der Waals surface area contributed by atoms with Crippen molar-refractivity contribution in [3.05, 3.63) is 46.8 Å². The zero-order chi connectivity index (χ0) is 15.6. The molecule has 0 spiro atoms. The van der Waals surface area contributed by atoms with E-state index in [9.17, 15) is 4.79 Å². The second-order valence-corrected chi connectivity index (χ2v) is 5.45. The van der Waals surface area contributed by atoms with Crippen LogP contribution < -0.4 is 10.3 Å². The van der Waals surface area contributed by atoms with Gasteiger partial charge < -0.3 is 4.74 Å². The maximum Gasteiger partial charge on any atom is 0.264 e. The maximum absolute atomic E-state index is 11.0. The van der Waals surface area contributed by atoms with Crippen molar-refractivity contribution >= 4 is 0 Å². The number of ether oxygens (including phenoxy) is 1. The molecule has 0 aliphatic heterocycles. The van der Waals surface area contributed by atoms with E-state index in [1.54, 1.807) is 6.07 Å². The van der Waals surface area contributed by atoms with Gasteiger partial charge in [0.05, 0.1) is 12.3 Å². The molecule has 0 radical (unpaired) electrons. The first-order chi connectivity index (χ1) is 10.8. The molecule has 0 saturated heterocycles.